The Kier molecular flexibility index (Phi) is 6.31. The summed E-state index contributed by atoms with van der Waals surface area (Å²) in [6, 6.07) is 22.5. The number of imide groups is 1. The maximum atomic E-state index is 13.7. The Bertz CT molecular complexity index is 1160. The number of benzene rings is 3. The molecule has 0 fully saturated rings. The largest absolute Gasteiger partial charge is 0.494 e. The van der Waals surface area contributed by atoms with Gasteiger partial charge in [0.25, 0.3) is 11.8 Å². The maximum absolute atomic E-state index is 13.7. The number of hydrogen-bond acceptors (Lipinski definition) is 4. The minimum atomic E-state index is -0.434. The molecule has 0 saturated heterocycles. The molecule has 0 radical (unpaired) electrons. The number of carbonyl (C=O) groups is 2. The molecule has 0 aliphatic carbocycles. The van der Waals surface area contributed by atoms with Gasteiger partial charge in [0, 0.05) is 12.2 Å². The van der Waals surface area contributed by atoms with Crippen molar-refractivity contribution in [2.75, 3.05) is 18.5 Å². The van der Waals surface area contributed by atoms with Crippen LogP contribution in [0, 0.1) is 5.82 Å². The summed E-state index contributed by atoms with van der Waals surface area (Å²) in [6.45, 7) is 2.66. The van der Waals surface area contributed by atoms with E-state index in [2.05, 4.69) is 5.32 Å². The van der Waals surface area contributed by atoms with E-state index in [0.29, 0.717) is 30.0 Å². The molecule has 0 spiro atoms. The highest BCUT2D eigenvalue weighted by atomic mass is 19.1. The fourth-order valence-corrected chi connectivity index (χ4v) is 3.64. The molecule has 0 unspecified atom stereocenters. The monoisotopic (exact) mass is 430 g/mol. The second-order valence-electron chi connectivity index (χ2n) is 7.34. The Hall–Kier alpha value is -3.93. The van der Waals surface area contributed by atoms with Crippen LogP contribution in [0.3, 0.4) is 0 Å². The van der Waals surface area contributed by atoms with Crippen LogP contribution in [-0.4, -0.2) is 29.9 Å². The van der Waals surface area contributed by atoms with Crippen molar-refractivity contribution in [1.29, 1.82) is 0 Å². The van der Waals surface area contributed by atoms with Crippen LogP contribution >= 0.6 is 0 Å². The van der Waals surface area contributed by atoms with Crippen LogP contribution in [0.15, 0.2) is 84.6 Å². The lowest BCUT2D eigenvalue weighted by molar-refractivity contribution is -0.136. The quantitative estimate of drug-likeness (QED) is 0.528. The Labute approximate surface area is 186 Å². The van der Waals surface area contributed by atoms with Gasteiger partial charge in [0.1, 0.15) is 17.3 Å². The predicted molar refractivity (Wildman–Crippen MR) is 121 cm³/mol. The van der Waals surface area contributed by atoms with Crippen molar-refractivity contribution in [1.82, 2.24) is 4.90 Å². The van der Waals surface area contributed by atoms with Gasteiger partial charge < -0.3 is 10.1 Å². The zero-order valence-electron chi connectivity index (χ0n) is 17.7. The molecule has 0 atom stereocenters. The molecule has 1 heterocycles. The summed E-state index contributed by atoms with van der Waals surface area (Å²) in [7, 11) is 0. The first kappa shape index (κ1) is 21.3. The van der Waals surface area contributed by atoms with E-state index < -0.39 is 11.7 Å². The molecule has 3 aromatic carbocycles. The topological polar surface area (TPSA) is 58.6 Å². The number of nitrogens with zero attached hydrogens (tertiary/aromatic N) is 1. The average molecular weight is 430 g/mol. The molecular weight excluding hydrogens is 407 g/mol. The van der Waals surface area contributed by atoms with Gasteiger partial charge in [-0.05, 0) is 54.8 Å². The molecule has 6 heteroatoms. The fourth-order valence-electron chi connectivity index (χ4n) is 3.64. The Balaban J connectivity index is 1.66. The van der Waals surface area contributed by atoms with Gasteiger partial charge in [-0.1, -0.05) is 48.5 Å². The van der Waals surface area contributed by atoms with E-state index in [-0.39, 0.29) is 23.7 Å². The molecular formula is C26H23FN2O3. The van der Waals surface area contributed by atoms with Crippen LogP contribution in [0.25, 0.3) is 5.57 Å². The third kappa shape index (κ3) is 4.54. The van der Waals surface area contributed by atoms with Crippen LogP contribution < -0.4 is 10.1 Å². The Morgan fingerprint density at radius 1 is 0.906 bits per heavy atom. The molecule has 5 nitrogen and oxygen atoms in total. The molecule has 32 heavy (non-hydrogen) atoms. The molecule has 0 saturated carbocycles. The number of hydrogen-bond donors (Lipinski definition) is 1. The highest BCUT2D eigenvalue weighted by Gasteiger charge is 2.39. The zero-order valence-corrected chi connectivity index (χ0v) is 17.7. The molecule has 1 aliphatic heterocycles. The molecule has 0 bridgehead atoms. The fraction of sp³-hybridized carbons (Fsp3) is 0.154. The normalized spacial score (nSPS) is 13.6. The molecule has 4 rings (SSSR count). The third-order valence-corrected chi connectivity index (χ3v) is 5.18. The average Bonchev–Trinajstić information content (AvgIpc) is 3.03. The van der Waals surface area contributed by atoms with Gasteiger partial charge in [0.2, 0.25) is 0 Å². The van der Waals surface area contributed by atoms with Crippen molar-refractivity contribution in [2.24, 2.45) is 0 Å². The lowest BCUT2D eigenvalue weighted by Crippen LogP contribution is -2.34. The first-order valence-electron chi connectivity index (χ1n) is 10.5. The lowest BCUT2D eigenvalue weighted by Gasteiger charge is -2.15. The summed E-state index contributed by atoms with van der Waals surface area (Å²) < 4.78 is 19.2. The maximum Gasteiger partial charge on any atom is 0.278 e. The smallest absolute Gasteiger partial charge is 0.278 e. The van der Waals surface area contributed by atoms with Gasteiger partial charge in [0.15, 0.2) is 0 Å². The molecule has 2 amide bonds. The van der Waals surface area contributed by atoms with E-state index in [1.165, 1.54) is 17.0 Å². The van der Waals surface area contributed by atoms with Gasteiger partial charge in [0.05, 0.1) is 12.2 Å². The number of halogens is 1. The van der Waals surface area contributed by atoms with Crippen LogP contribution in [0.5, 0.6) is 5.75 Å². The first-order chi connectivity index (χ1) is 15.6. The van der Waals surface area contributed by atoms with E-state index in [1.807, 2.05) is 37.3 Å². The van der Waals surface area contributed by atoms with E-state index in [9.17, 15) is 14.0 Å². The minimum Gasteiger partial charge on any atom is -0.494 e. The third-order valence-electron chi connectivity index (χ3n) is 5.18. The number of rotatable bonds is 8. The summed E-state index contributed by atoms with van der Waals surface area (Å²) in [6.07, 6.45) is 0.544. The molecule has 3 aromatic rings. The van der Waals surface area contributed by atoms with E-state index in [0.717, 1.165) is 5.56 Å². The SMILES string of the molecule is CCOc1ccc(C2=C(Nc3cccc(F)c3)C(=O)N(CCc3ccccc3)C2=O)cc1. The summed E-state index contributed by atoms with van der Waals surface area (Å²) in [5.74, 6) is -0.571. The molecule has 0 aromatic heterocycles. The van der Waals surface area contributed by atoms with Crippen LogP contribution in [0.4, 0.5) is 10.1 Å². The second kappa shape index (κ2) is 9.47. The number of anilines is 1. The standard InChI is InChI=1S/C26H23FN2O3/c1-2-32-22-13-11-19(12-14-22)23-24(28-21-10-6-9-20(27)17-21)26(31)29(25(23)30)16-15-18-7-4-3-5-8-18/h3-14,17,28H,2,15-16H2,1H3. The summed E-state index contributed by atoms with van der Waals surface area (Å²) >= 11 is 0. The first-order valence-corrected chi connectivity index (χ1v) is 10.5. The van der Waals surface area contributed by atoms with Crippen LogP contribution in [0.2, 0.25) is 0 Å². The lowest BCUT2D eigenvalue weighted by atomic mass is 10.0. The zero-order chi connectivity index (χ0) is 22.5. The van der Waals surface area contributed by atoms with Gasteiger partial charge in [-0.3, -0.25) is 14.5 Å². The van der Waals surface area contributed by atoms with Gasteiger partial charge in [-0.2, -0.15) is 0 Å². The van der Waals surface area contributed by atoms with Crippen molar-refractivity contribution in [3.8, 4) is 5.75 Å². The Morgan fingerprint density at radius 2 is 1.66 bits per heavy atom. The van der Waals surface area contributed by atoms with Gasteiger partial charge in [-0.25, -0.2) is 4.39 Å². The summed E-state index contributed by atoms with van der Waals surface area (Å²) in [5.41, 5.74) is 2.41. The summed E-state index contributed by atoms with van der Waals surface area (Å²) in [5, 5.41) is 2.97. The van der Waals surface area contributed by atoms with Crippen LogP contribution in [0.1, 0.15) is 18.1 Å². The van der Waals surface area contributed by atoms with Crippen molar-refractivity contribution < 1.29 is 18.7 Å². The second-order valence-corrected chi connectivity index (χ2v) is 7.34. The van der Waals surface area contributed by atoms with Crippen molar-refractivity contribution in [3.05, 3.63) is 102 Å². The van der Waals surface area contributed by atoms with Crippen molar-refractivity contribution >= 4 is 23.1 Å². The van der Waals surface area contributed by atoms with Gasteiger partial charge in [-0.15, -0.1) is 0 Å². The minimum absolute atomic E-state index is 0.137. The van der Waals surface area contributed by atoms with E-state index in [1.54, 1.807) is 36.4 Å². The number of ether oxygens (including phenoxy) is 1. The number of amides is 2. The van der Waals surface area contributed by atoms with Crippen molar-refractivity contribution in [2.45, 2.75) is 13.3 Å². The van der Waals surface area contributed by atoms with Crippen LogP contribution in [-0.2, 0) is 16.0 Å². The summed E-state index contributed by atoms with van der Waals surface area (Å²) in [4.78, 5) is 27.8. The molecule has 1 aliphatic rings. The Morgan fingerprint density at radius 3 is 2.34 bits per heavy atom. The highest BCUT2D eigenvalue weighted by molar-refractivity contribution is 6.36. The van der Waals surface area contributed by atoms with E-state index in [4.69, 9.17) is 4.74 Å². The predicted octanol–water partition coefficient (Wildman–Crippen LogP) is 4.66. The van der Waals surface area contributed by atoms with E-state index >= 15 is 0 Å². The highest BCUT2D eigenvalue weighted by Crippen LogP contribution is 2.31. The number of nitrogens with one attached hydrogen (secondary N) is 1. The molecule has 1 N–H and O–H groups in total. The molecule has 162 valence electrons. The van der Waals surface area contributed by atoms with Gasteiger partial charge >= 0.3 is 0 Å². The number of carbonyl (C=O) groups excluding carboxylic acids is 2. The van der Waals surface area contributed by atoms with Crippen molar-refractivity contribution in [3.63, 3.8) is 0 Å².